The van der Waals surface area contributed by atoms with Crippen LogP contribution in [0.5, 0.6) is 0 Å². The first-order chi connectivity index (χ1) is 11.6. The van der Waals surface area contributed by atoms with Crippen molar-refractivity contribution in [3.63, 3.8) is 0 Å². The van der Waals surface area contributed by atoms with Crippen molar-refractivity contribution in [2.24, 2.45) is 5.92 Å². The van der Waals surface area contributed by atoms with Crippen LogP contribution >= 0.6 is 0 Å². The second-order valence-electron chi connectivity index (χ2n) is 6.13. The predicted molar refractivity (Wildman–Crippen MR) is 86.9 cm³/mol. The molecule has 0 saturated carbocycles. The van der Waals surface area contributed by atoms with Gasteiger partial charge in [-0.05, 0) is 32.0 Å². The van der Waals surface area contributed by atoms with Crippen LogP contribution in [-0.4, -0.2) is 55.6 Å². The molecule has 1 aliphatic heterocycles. The number of nitrogens with zero attached hydrogens (tertiary/aromatic N) is 6. The van der Waals surface area contributed by atoms with Gasteiger partial charge in [-0.1, -0.05) is 0 Å². The smallest absolute Gasteiger partial charge is 0.271 e. The van der Waals surface area contributed by atoms with Gasteiger partial charge >= 0.3 is 0 Å². The molecule has 3 aromatic rings. The summed E-state index contributed by atoms with van der Waals surface area (Å²) in [6.45, 7) is 6.10. The largest absolute Gasteiger partial charge is 0.354 e. The number of hydrogen-bond donors (Lipinski definition) is 2. The highest BCUT2D eigenvalue weighted by molar-refractivity contribution is 5.92. The summed E-state index contributed by atoms with van der Waals surface area (Å²) in [5.41, 5.74) is 2.05. The van der Waals surface area contributed by atoms with Gasteiger partial charge < -0.3 is 10.2 Å². The summed E-state index contributed by atoms with van der Waals surface area (Å²) < 4.78 is 1.74. The van der Waals surface area contributed by atoms with Gasteiger partial charge in [0, 0.05) is 31.2 Å². The van der Waals surface area contributed by atoms with Gasteiger partial charge in [0.1, 0.15) is 11.5 Å². The minimum absolute atomic E-state index is 0.141. The topological polar surface area (TPSA) is 104 Å². The van der Waals surface area contributed by atoms with Crippen LogP contribution in [0.3, 0.4) is 0 Å². The van der Waals surface area contributed by atoms with E-state index in [0.29, 0.717) is 18.2 Å². The summed E-state index contributed by atoms with van der Waals surface area (Å²) >= 11 is 0. The molecule has 0 bridgehead atoms. The van der Waals surface area contributed by atoms with Gasteiger partial charge in [-0.15, -0.1) is 15.3 Å². The fourth-order valence-electron chi connectivity index (χ4n) is 2.80. The SMILES string of the molecule is Cc1cc(C(=O)NCC2CN(c3ccc4nnc(C)n4n3)C2)n[nH]1. The third kappa shape index (κ3) is 2.57. The molecule has 1 fully saturated rings. The Kier molecular flexibility index (Phi) is 3.40. The normalized spacial score (nSPS) is 14.8. The van der Waals surface area contributed by atoms with E-state index in [1.165, 1.54) is 0 Å². The van der Waals surface area contributed by atoms with Gasteiger partial charge in [0.15, 0.2) is 11.5 Å². The average molecular weight is 326 g/mol. The quantitative estimate of drug-likeness (QED) is 0.716. The fourth-order valence-corrected chi connectivity index (χ4v) is 2.80. The maximum atomic E-state index is 12.0. The molecule has 1 amide bonds. The van der Waals surface area contributed by atoms with Crippen LogP contribution in [-0.2, 0) is 0 Å². The first-order valence-corrected chi connectivity index (χ1v) is 7.84. The molecule has 1 aliphatic rings. The molecular formula is C15H18N8O. The number of H-pyrrole nitrogens is 1. The zero-order chi connectivity index (χ0) is 16.7. The monoisotopic (exact) mass is 326 g/mol. The van der Waals surface area contributed by atoms with E-state index in [1.807, 2.05) is 26.0 Å². The van der Waals surface area contributed by atoms with Crippen LogP contribution in [0.15, 0.2) is 18.2 Å². The highest BCUT2D eigenvalue weighted by atomic mass is 16.1. The van der Waals surface area contributed by atoms with E-state index in [-0.39, 0.29) is 5.91 Å². The van der Waals surface area contributed by atoms with Crippen molar-refractivity contribution in [2.75, 3.05) is 24.5 Å². The Bertz CT molecular complexity index is 892. The number of amides is 1. The van der Waals surface area contributed by atoms with Crippen LogP contribution in [0.4, 0.5) is 5.82 Å². The molecule has 0 unspecified atom stereocenters. The van der Waals surface area contributed by atoms with E-state index in [2.05, 4.69) is 35.7 Å². The van der Waals surface area contributed by atoms with Crippen LogP contribution in [0, 0.1) is 19.8 Å². The molecule has 3 aromatic heterocycles. The summed E-state index contributed by atoms with van der Waals surface area (Å²) in [6, 6.07) is 5.60. The molecular weight excluding hydrogens is 308 g/mol. The molecule has 9 nitrogen and oxygen atoms in total. The van der Waals surface area contributed by atoms with E-state index in [9.17, 15) is 4.79 Å². The van der Waals surface area contributed by atoms with Crippen molar-refractivity contribution >= 4 is 17.4 Å². The van der Waals surface area contributed by atoms with Crippen molar-refractivity contribution < 1.29 is 4.79 Å². The lowest BCUT2D eigenvalue weighted by molar-refractivity contribution is 0.0939. The zero-order valence-corrected chi connectivity index (χ0v) is 13.5. The lowest BCUT2D eigenvalue weighted by Crippen LogP contribution is -2.52. The van der Waals surface area contributed by atoms with Gasteiger partial charge in [-0.25, -0.2) is 0 Å². The van der Waals surface area contributed by atoms with Crippen molar-refractivity contribution in [3.8, 4) is 0 Å². The second-order valence-corrected chi connectivity index (χ2v) is 6.13. The highest BCUT2D eigenvalue weighted by Crippen LogP contribution is 2.22. The van der Waals surface area contributed by atoms with Gasteiger partial charge in [-0.2, -0.15) is 9.61 Å². The van der Waals surface area contributed by atoms with E-state index in [4.69, 9.17) is 0 Å². The molecule has 0 aliphatic carbocycles. The molecule has 4 rings (SSSR count). The first-order valence-electron chi connectivity index (χ1n) is 7.84. The summed E-state index contributed by atoms with van der Waals surface area (Å²) in [4.78, 5) is 14.1. The lowest BCUT2D eigenvalue weighted by atomic mass is 10.0. The Balaban J connectivity index is 1.32. The number of anilines is 1. The molecule has 124 valence electrons. The van der Waals surface area contributed by atoms with Crippen molar-refractivity contribution in [2.45, 2.75) is 13.8 Å². The number of hydrogen-bond acceptors (Lipinski definition) is 6. The number of aryl methyl sites for hydroxylation is 2. The molecule has 2 N–H and O–H groups in total. The van der Waals surface area contributed by atoms with Crippen LogP contribution in [0.1, 0.15) is 22.0 Å². The third-order valence-electron chi connectivity index (χ3n) is 4.18. The Morgan fingerprint density at radius 3 is 2.92 bits per heavy atom. The van der Waals surface area contributed by atoms with Gasteiger partial charge in [-0.3, -0.25) is 9.89 Å². The van der Waals surface area contributed by atoms with Gasteiger partial charge in [0.2, 0.25) is 0 Å². The minimum atomic E-state index is -0.141. The predicted octanol–water partition coefficient (Wildman–Crippen LogP) is 0.330. The summed E-state index contributed by atoms with van der Waals surface area (Å²) in [5, 5.41) is 22.3. The lowest BCUT2D eigenvalue weighted by Gasteiger charge is -2.40. The molecule has 0 atom stereocenters. The van der Waals surface area contributed by atoms with Crippen LogP contribution < -0.4 is 10.2 Å². The summed E-state index contributed by atoms with van der Waals surface area (Å²) in [7, 11) is 0. The second kappa shape index (κ2) is 5.59. The van der Waals surface area contributed by atoms with Gasteiger partial charge in [0.05, 0.1) is 0 Å². The number of carbonyl (C=O) groups excluding carboxylic acids is 1. The average Bonchev–Trinajstić information content (AvgIpc) is 3.12. The Morgan fingerprint density at radius 2 is 2.17 bits per heavy atom. The van der Waals surface area contributed by atoms with Crippen molar-refractivity contribution in [1.82, 2.24) is 35.3 Å². The molecule has 4 heterocycles. The van der Waals surface area contributed by atoms with Crippen LogP contribution in [0.2, 0.25) is 0 Å². The van der Waals surface area contributed by atoms with Crippen LogP contribution in [0.25, 0.3) is 5.65 Å². The molecule has 9 heteroatoms. The minimum Gasteiger partial charge on any atom is -0.354 e. The maximum Gasteiger partial charge on any atom is 0.271 e. The zero-order valence-electron chi connectivity index (χ0n) is 13.5. The number of fused-ring (bicyclic) bond motifs is 1. The summed E-state index contributed by atoms with van der Waals surface area (Å²) in [5.74, 6) is 1.94. The van der Waals surface area contributed by atoms with E-state index >= 15 is 0 Å². The molecule has 24 heavy (non-hydrogen) atoms. The van der Waals surface area contributed by atoms with Gasteiger partial charge in [0.25, 0.3) is 5.91 Å². The molecule has 0 aromatic carbocycles. The van der Waals surface area contributed by atoms with E-state index in [1.54, 1.807) is 10.6 Å². The number of rotatable bonds is 4. The standard InChI is InChI=1S/C15H18N8O/c1-9-5-12(19-17-9)15(24)16-6-11-7-22(8-11)14-4-3-13-20-18-10(2)23(13)21-14/h3-5,11H,6-8H2,1-2H3,(H,16,24)(H,17,19). The van der Waals surface area contributed by atoms with E-state index in [0.717, 1.165) is 36.1 Å². The maximum absolute atomic E-state index is 12.0. The number of aromatic nitrogens is 6. The number of carbonyl (C=O) groups is 1. The van der Waals surface area contributed by atoms with E-state index < -0.39 is 0 Å². The number of aromatic amines is 1. The molecule has 0 radical (unpaired) electrons. The highest BCUT2D eigenvalue weighted by Gasteiger charge is 2.28. The molecule has 1 saturated heterocycles. The Morgan fingerprint density at radius 1 is 1.33 bits per heavy atom. The summed E-state index contributed by atoms with van der Waals surface area (Å²) in [6.07, 6.45) is 0. The Hall–Kier alpha value is -2.97. The van der Waals surface area contributed by atoms with Crippen molar-refractivity contribution in [3.05, 3.63) is 35.4 Å². The Labute approximate surface area is 138 Å². The first kappa shape index (κ1) is 14.6. The fraction of sp³-hybridized carbons (Fsp3) is 0.400. The van der Waals surface area contributed by atoms with Crippen molar-refractivity contribution in [1.29, 1.82) is 0 Å². The third-order valence-corrected chi connectivity index (χ3v) is 4.18. The number of nitrogens with one attached hydrogen (secondary N) is 2. The molecule has 0 spiro atoms.